The van der Waals surface area contributed by atoms with Crippen molar-refractivity contribution in [3.05, 3.63) is 126 Å². The van der Waals surface area contributed by atoms with Gasteiger partial charge in [-0.3, -0.25) is 5.32 Å². The second-order valence-corrected chi connectivity index (χ2v) is 11.0. The minimum atomic E-state index is 0.274. The van der Waals surface area contributed by atoms with Crippen LogP contribution in [0.2, 0.25) is 0 Å². The highest BCUT2D eigenvalue weighted by Crippen LogP contribution is 2.50. The van der Waals surface area contributed by atoms with Gasteiger partial charge in [-0.25, -0.2) is 0 Å². The summed E-state index contributed by atoms with van der Waals surface area (Å²) in [6.07, 6.45) is 3.62. The largest absolute Gasteiger partial charge is 0.401 e. The molecular weight excluding hydrogens is 462 g/mol. The second-order valence-electron chi connectivity index (χ2n) is 11.0. The summed E-state index contributed by atoms with van der Waals surface area (Å²) in [5.41, 5.74) is 17.9. The summed E-state index contributed by atoms with van der Waals surface area (Å²) in [6.45, 7) is 2.25. The summed E-state index contributed by atoms with van der Waals surface area (Å²) in [5, 5.41) is 12.4. The topological polar surface area (TPSA) is 60.0 Å². The van der Waals surface area contributed by atoms with Gasteiger partial charge in [-0.05, 0) is 80.1 Å². The lowest BCUT2D eigenvalue weighted by atomic mass is 9.81. The van der Waals surface area contributed by atoms with Crippen LogP contribution in [0.25, 0.3) is 43.8 Å². The first kappa shape index (κ1) is 21.7. The van der Waals surface area contributed by atoms with Crippen LogP contribution in [0.5, 0.6) is 0 Å². The fourth-order valence-corrected chi connectivity index (χ4v) is 6.45. The van der Waals surface area contributed by atoms with Gasteiger partial charge in [-0.2, -0.15) is 0 Å². The summed E-state index contributed by atoms with van der Waals surface area (Å²) in [6, 6.07) is 35.7. The molecule has 0 amide bonds. The van der Waals surface area contributed by atoms with E-state index in [4.69, 9.17) is 5.73 Å². The number of hydrogen-bond donors (Lipinski definition) is 3. The van der Waals surface area contributed by atoms with Crippen LogP contribution in [0, 0.1) is 5.92 Å². The Morgan fingerprint density at radius 2 is 1.53 bits per heavy atom. The molecule has 0 radical (unpaired) electrons. The lowest BCUT2D eigenvalue weighted by Gasteiger charge is -2.25. The summed E-state index contributed by atoms with van der Waals surface area (Å²) in [7, 11) is 0. The fraction of sp³-hybridized carbons (Fsp3) is 0.143. The van der Waals surface area contributed by atoms with E-state index in [1.165, 1.54) is 60.6 Å². The van der Waals surface area contributed by atoms with E-state index in [1.54, 1.807) is 0 Å². The van der Waals surface area contributed by atoms with E-state index in [2.05, 4.69) is 121 Å². The fourth-order valence-electron chi connectivity index (χ4n) is 6.45. The lowest BCUT2D eigenvalue weighted by molar-refractivity contribution is 0.692. The molecule has 5 aromatic carbocycles. The third-order valence-corrected chi connectivity index (χ3v) is 8.58. The number of benzene rings is 5. The Labute approximate surface area is 222 Å². The number of allylic oxidation sites excluding steroid dienone is 4. The summed E-state index contributed by atoms with van der Waals surface area (Å²) in [5.74, 6) is 0.274. The quantitative estimate of drug-likeness (QED) is 0.225. The summed E-state index contributed by atoms with van der Waals surface area (Å²) in [4.78, 5) is 0. The van der Waals surface area contributed by atoms with Gasteiger partial charge < -0.3 is 11.1 Å². The Morgan fingerprint density at radius 1 is 0.737 bits per heavy atom. The average molecular weight is 492 g/mol. The molecule has 3 nitrogen and oxygen atoms in total. The first-order valence-corrected chi connectivity index (χ1v) is 13.5. The Bertz CT molecular complexity index is 1840. The number of rotatable bonds is 3. The van der Waals surface area contributed by atoms with Crippen molar-refractivity contribution in [3.8, 4) is 11.1 Å². The van der Waals surface area contributed by atoms with Crippen LogP contribution < -0.4 is 16.4 Å². The minimum absolute atomic E-state index is 0.274. The zero-order valence-electron chi connectivity index (χ0n) is 21.3. The van der Waals surface area contributed by atoms with Crippen LogP contribution in [0.4, 0.5) is 5.69 Å². The van der Waals surface area contributed by atoms with Gasteiger partial charge in [-0.15, -0.1) is 0 Å². The molecule has 4 N–H and O–H groups in total. The number of anilines is 1. The normalized spacial score (nSPS) is 21.7. The second kappa shape index (κ2) is 8.08. The molecule has 3 atom stereocenters. The molecule has 0 aromatic heterocycles. The molecular formula is C35H29N3. The van der Waals surface area contributed by atoms with Crippen LogP contribution in [0.3, 0.4) is 0 Å². The number of nitrogens with one attached hydrogen (secondary N) is 2. The number of hydrogen-bond acceptors (Lipinski definition) is 3. The van der Waals surface area contributed by atoms with Gasteiger partial charge in [0, 0.05) is 28.4 Å². The van der Waals surface area contributed by atoms with Crippen molar-refractivity contribution >= 4 is 38.4 Å². The molecule has 2 aliphatic heterocycles. The monoisotopic (exact) mass is 491 g/mol. The van der Waals surface area contributed by atoms with Crippen molar-refractivity contribution in [2.45, 2.75) is 25.6 Å². The van der Waals surface area contributed by atoms with E-state index in [0.717, 1.165) is 17.7 Å². The Hall–Kier alpha value is -4.34. The standard InChI is InChI=1S/C35H29N3/c1-20-15-25(17-29(32(20)36)24-14-13-21-7-2-3-9-23(21)16-24)26-18-30(33-31(19-26)34-35(37-33)38-34)28-12-6-10-22-8-4-5-11-27(22)28/h2-14,16-20,34-35,37-38H,15,36H2,1H3/t20?,34?,35-/m1/s1. The molecule has 3 aliphatic rings. The third kappa shape index (κ3) is 3.32. The molecule has 0 bridgehead atoms. The summed E-state index contributed by atoms with van der Waals surface area (Å²) < 4.78 is 0. The molecule has 2 heterocycles. The van der Waals surface area contributed by atoms with Crippen LogP contribution >= 0.6 is 0 Å². The third-order valence-electron chi connectivity index (χ3n) is 8.58. The Kier molecular flexibility index (Phi) is 4.62. The van der Waals surface area contributed by atoms with Crippen LogP contribution in [0.1, 0.15) is 36.1 Å². The summed E-state index contributed by atoms with van der Waals surface area (Å²) >= 11 is 0. The first-order chi connectivity index (χ1) is 18.6. The molecule has 38 heavy (non-hydrogen) atoms. The van der Waals surface area contributed by atoms with Gasteiger partial charge in [0.05, 0.1) is 12.2 Å². The molecule has 8 rings (SSSR count). The maximum Gasteiger partial charge on any atom is 0.0975 e. The molecule has 1 fully saturated rings. The van der Waals surface area contributed by atoms with E-state index in [-0.39, 0.29) is 5.92 Å². The molecule has 3 heteroatoms. The van der Waals surface area contributed by atoms with Crippen molar-refractivity contribution in [2.75, 3.05) is 5.32 Å². The highest BCUT2D eigenvalue weighted by Gasteiger charge is 2.46. The highest BCUT2D eigenvalue weighted by molar-refractivity contribution is 6.02. The molecule has 1 aliphatic carbocycles. The molecule has 1 saturated heterocycles. The molecule has 0 saturated carbocycles. The van der Waals surface area contributed by atoms with Crippen LogP contribution in [-0.4, -0.2) is 6.17 Å². The van der Waals surface area contributed by atoms with E-state index in [1.807, 2.05) is 0 Å². The van der Waals surface area contributed by atoms with Crippen LogP contribution in [-0.2, 0) is 0 Å². The predicted octanol–water partition coefficient (Wildman–Crippen LogP) is 7.85. The maximum atomic E-state index is 6.76. The van der Waals surface area contributed by atoms with E-state index >= 15 is 0 Å². The van der Waals surface area contributed by atoms with Crippen molar-refractivity contribution in [1.29, 1.82) is 0 Å². The van der Waals surface area contributed by atoms with E-state index in [0.29, 0.717) is 12.2 Å². The first-order valence-electron chi connectivity index (χ1n) is 13.5. The zero-order chi connectivity index (χ0) is 25.4. The van der Waals surface area contributed by atoms with Gasteiger partial charge in [0.2, 0.25) is 0 Å². The SMILES string of the molecule is CC1CC(c2cc(-c3cccc4ccccc34)c3c(c2)C2N[C@H]2N3)=CC(c2ccc3ccccc3c2)=C1N. The number of fused-ring (bicyclic) bond motifs is 5. The van der Waals surface area contributed by atoms with Crippen molar-refractivity contribution in [3.63, 3.8) is 0 Å². The predicted molar refractivity (Wildman–Crippen MR) is 159 cm³/mol. The maximum absolute atomic E-state index is 6.76. The van der Waals surface area contributed by atoms with Gasteiger partial charge in [-0.1, -0.05) is 85.8 Å². The molecule has 5 aromatic rings. The van der Waals surface area contributed by atoms with Gasteiger partial charge >= 0.3 is 0 Å². The molecule has 0 spiro atoms. The Morgan fingerprint density at radius 3 is 2.42 bits per heavy atom. The zero-order valence-corrected chi connectivity index (χ0v) is 21.3. The molecule has 184 valence electrons. The Balaban J connectivity index is 1.30. The minimum Gasteiger partial charge on any atom is -0.401 e. The van der Waals surface area contributed by atoms with Crippen molar-refractivity contribution < 1.29 is 0 Å². The van der Waals surface area contributed by atoms with Gasteiger partial charge in [0.1, 0.15) is 0 Å². The smallest absolute Gasteiger partial charge is 0.0975 e. The number of nitrogens with two attached hydrogens (primary N) is 1. The average Bonchev–Trinajstić information content (AvgIpc) is 3.64. The van der Waals surface area contributed by atoms with Crippen LogP contribution in [0.15, 0.2) is 109 Å². The van der Waals surface area contributed by atoms with Gasteiger partial charge in [0.15, 0.2) is 0 Å². The van der Waals surface area contributed by atoms with E-state index < -0.39 is 0 Å². The highest BCUT2D eigenvalue weighted by atomic mass is 15.3. The van der Waals surface area contributed by atoms with Crippen molar-refractivity contribution in [1.82, 2.24) is 5.32 Å². The van der Waals surface area contributed by atoms with Gasteiger partial charge in [0.25, 0.3) is 0 Å². The van der Waals surface area contributed by atoms with E-state index in [9.17, 15) is 0 Å². The van der Waals surface area contributed by atoms with Crippen molar-refractivity contribution in [2.24, 2.45) is 11.7 Å². The lowest BCUT2D eigenvalue weighted by Crippen LogP contribution is -2.15. The molecule has 2 unspecified atom stereocenters.